The first kappa shape index (κ1) is 19.7. The predicted molar refractivity (Wildman–Crippen MR) is 94.6 cm³/mol. The van der Waals surface area contributed by atoms with Crippen molar-refractivity contribution < 1.29 is 23.9 Å². The van der Waals surface area contributed by atoms with Crippen molar-refractivity contribution in [3.8, 4) is 0 Å². The van der Waals surface area contributed by atoms with Gasteiger partial charge in [-0.15, -0.1) is 0 Å². The lowest BCUT2D eigenvalue weighted by atomic mass is 10.0. The van der Waals surface area contributed by atoms with Gasteiger partial charge in [-0.25, -0.2) is 9.18 Å². The number of hydrogen-bond donors (Lipinski definition) is 4. The van der Waals surface area contributed by atoms with Crippen LogP contribution in [0, 0.1) is 11.7 Å². The molecule has 7 nitrogen and oxygen atoms in total. The second-order valence-electron chi connectivity index (χ2n) is 6.27. The number of halogens is 2. The fourth-order valence-corrected chi connectivity index (χ4v) is 2.76. The van der Waals surface area contributed by atoms with E-state index in [0.29, 0.717) is 10.9 Å². The number of carboxylic acid groups (broad SMARTS) is 1. The quantitative estimate of drug-likeness (QED) is 0.587. The minimum absolute atomic E-state index is 0.00275. The largest absolute Gasteiger partial charge is 0.480 e. The molecule has 1 atom stereocenters. The molecule has 4 N–H and O–H groups in total. The van der Waals surface area contributed by atoms with Crippen LogP contribution in [0.5, 0.6) is 0 Å². The maximum absolute atomic E-state index is 13.3. The maximum atomic E-state index is 13.3. The van der Waals surface area contributed by atoms with Crippen molar-refractivity contribution in [3.05, 3.63) is 34.7 Å². The van der Waals surface area contributed by atoms with E-state index in [1.807, 2.05) is 13.8 Å². The number of hydrogen-bond acceptors (Lipinski definition) is 3. The van der Waals surface area contributed by atoms with E-state index < -0.39 is 36.2 Å². The number of fused-ring (bicyclic) bond motifs is 1. The van der Waals surface area contributed by atoms with E-state index in [1.54, 1.807) is 0 Å². The minimum atomic E-state index is -1.14. The Morgan fingerprint density at radius 1 is 1.31 bits per heavy atom. The van der Waals surface area contributed by atoms with E-state index in [1.165, 1.54) is 18.2 Å². The number of carbonyl (C=O) groups excluding carboxylic acids is 2. The van der Waals surface area contributed by atoms with Gasteiger partial charge in [-0.3, -0.25) is 9.59 Å². The van der Waals surface area contributed by atoms with E-state index in [-0.39, 0.29) is 23.1 Å². The van der Waals surface area contributed by atoms with Crippen LogP contribution < -0.4 is 10.6 Å². The van der Waals surface area contributed by atoms with Gasteiger partial charge in [0.25, 0.3) is 5.91 Å². The second-order valence-corrected chi connectivity index (χ2v) is 6.65. The molecule has 0 saturated heterocycles. The van der Waals surface area contributed by atoms with Gasteiger partial charge in [-0.2, -0.15) is 0 Å². The number of benzene rings is 1. The molecule has 26 heavy (non-hydrogen) atoms. The zero-order valence-electron chi connectivity index (χ0n) is 14.2. The van der Waals surface area contributed by atoms with Crippen molar-refractivity contribution in [3.63, 3.8) is 0 Å². The fraction of sp³-hybridized carbons (Fsp3) is 0.353. The summed E-state index contributed by atoms with van der Waals surface area (Å²) in [7, 11) is 0. The zero-order valence-corrected chi connectivity index (χ0v) is 15.0. The first-order chi connectivity index (χ1) is 12.2. The number of carboxylic acids is 1. The van der Waals surface area contributed by atoms with Crippen LogP contribution in [0.3, 0.4) is 0 Å². The molecule has 0 saturated carbocycles. The summed E-state index contributed by atoms with van der Waals surface area (Å²) >= 11 is 6.09. The van der Waals surface area contributed by atoms with Crippen LogP contribution in [0.25, 0.3) is 10.9 Å². The third-order valence-electron chi connectivity index (χ3n) is 3.67. The number of aliphatic carboxylic acids is 1. The molecule has 1 heterocycles. The molecule has 0 spiro atoms. The summed E-state index contributed by atoms with van der Waals surface area (Å²) in [4.78, 5) is 38.0. The molecular formula is C17H19ClFN3O4. The molecule has 0 unspecified atom stereocenters. The third-order valence-corrected chi connectivity index (χ3v) is 4.07. The van der Waals surface area contributed by atoms with Gasteiger partial charge < -0.3 is 20.7 Å². The normalized spacial score (nSPS) is 12.2. The smallest absolute Gasteiger partial charge is 0.326 e. The zero-order chi connectivity index (χ0) is 19.4. The van der Waals surface area contributed by atoms with Gasteiger partial charge in [0.2, 0.25) is 5.91 Å². The Bertz CT molecular complexity index is 850. The van der Waals surface area contributed by atoms with E-state index in [9.17, 15) is 18.8 Å². The van der Waals surface area contributed by atoms with E-state index in [4.69, 9.17) is 16.7 Å². The standard InChI is InChI=1S/C17H19ClFN3O4/c1-8(2)5-12(17(25)26)21-13(23)7-20-16(24)15-14(18)10-6-9(19)3-4-11(10)22-15/h3-4,6,8,12,22H,5,7H2,1-2H3,(H,20,24)(H,21,23)(H,25,26)/t12-/m0/s1. The SMILES string of the molecule is CC(C)C[C@H](NC(=O)CNC(=O)c1[nH]c2ccc(F)cc2c1Cl)C(=O)O. The van der Waals surface area contributed by atoms with Crippen LogP contribution in [0.2, 0.25) is 5.02 Å². The first-order valence-electron chi connectivity index (χ1n) is 7.96. The van der Waals surface area contributed by atoms with Crippen LogP contribution in [0.1, 0.15) is 30.8 Å². The van der Waals surface area contributed by atoms with E-state index in [2.05, 4.69) is 15.6 Å². The van der Waals surface area contributed by atoms with Gasteiger partial charge in [-0.1, -0.05) is 25.4 Å². The predicted octanol–water partition coefficient (Wildman–Crippen LogP) is 2.31. The molecule has 2 amide bonds. The third kappa shape index (κ3) is 4.72. The highest BCUT2D eigenvalue weighted by Gasteiger charge is 2.22. The number of aromatic nitrogens is 1. The molecule has 0 bridgehead atoms. The topological polar surface area (TPSA) is 111 Å². The maximum Gasteiger partial charge on any atom is 0.326 e. The van der Waals surface area contributed by atoms with Crippen LogP contribution in [0.15, 0.2) is 18.2 Å². The first-order valence-corrected chi connectivity index (χ1v) is 8.34. The average Bonchev–Trinajstić information content (AvgIpc) is 2.88. The van der Waals surface area contributed by atoms with Crippen molar-refractivity contribution >= 4 is 40.3 Å². The lowest BCUT2D eigenvalue weighted by Gasteiger charge is -2.16. The van der Waals surface area contributed by atoms with Crippen molar-refractivity contribution in [1.29, 1.82) is 0 Å². The Balaban J connectivity index is 2.01. The Hall–Kier alpha value is -2.61. The summed E-state index contributed by atoms with van der Waals surface area (Å²) in [5, 5.41) is 14.2. The summed E-state index contributed by atoms with van der Waals surface area (Å²) in [6, 6.07) is 2.84. The van der Waals surface area contributed by atoms with Gasteiger partial charge in [0.05, 0.1) is 11.6 Å². The Morgan fingerprint density at radius 2 is 2.00 bits per heavy atom. The number of carbonyl (C=O) groups is 3. The molecule has 0 aliphatic rings. The molecule has 0 aliphatic carbocycles. The van der Waals surface area contributed by atoms with Crippen molar-refractivity contribution in [2.24, 2.45) is 5.92 Å². The molecule has 2 aromatic rings. The average molecular weight is 384 g/mol. The van der Waals surface area contributed by atoms with Crippen LogP contribution in [-0.2, 0) is 9.59 Å². The van der Waals surface area contributed by atoms with E-state index in [0.717, 1.165) is 0 Å². The van der Waals surface area contributed by atoms with Crippen LogP contribution in [0.4, 0.5) is 4.39 Å². The molecule has 0 aliphatic heterocycles. The second kappa shape index (κ2) is 8.18. The number of nitrogens with one attached hydrogen (secondary N) is 3. The molecule has 9 heteroatoms. The molecule has 0 radical (unpaired) electrons. The lowest BCUT2D eigenvalue weighted by molar-refractivity contribution is -0.142. The van der Waals surface area contributed by atoms with Gasteiger partial charge in [-0.05, 0) is 30.5 Å². The van der Waals surface area contributed by atoms with Crippen LogP contribution >= 0.6 is 11.6 Å². The summed E-state index contributed by atoms with van der Waals surface area (Å²) in [5.74, 6) is -2.84. The highest BCUT2D eigenvalue weighted by atomic mass is 35.5. The fourth-order valence-electron chi connectivity index (χ4n) is 2.47. The highest BCUT2D eigenvalue weighted by Crippen LogP contribution is 2.27. The van der Waals surface area contributed by atoms with Gasteiger partial charge in [0.15, 0.2) is 0 Å². The summed E-state index contributed by atoms with van der Waals surface area (Å²) in [6.07, 6.45) is 0.272. The molecule has 2 rings (SSSR count). The van der Waals surface area contributed by atoms with Crippen LogP contribution in [-0.4, -0.2) is 40.5 Å². The van der Waals surface area contributed by atoms with Gasteiger partial charge >= 0.3 is 5.97 Å². The van der Waals surface area contributed by atoms with Crippen molar-refractivity contribution in [2.45, 2.75) is 26.3 Å². The monoisotopic (exact) mass is 383 g/mol. The summed E-state index contributed by atoms with van der Waals surface area (Å²) in [6.45, 7) is 3.26. The molecule has 0 fully saturated rings. The molecular weight excluding hydrogens is 365 g/mol. The number of aromatic amines is 1. The number of rotatable bonds is 7. The highest BCUT2D eigenvalue weighted by molar-refractivity contribution is 6.38. The molecule has 140 valence electrons. The Kier molecular flexibility index (Phi) is 6.20. The number of amides is 2. The molecule has 1 aromatic heterocycles. The van der Waals surface area contributed by atoms with Gasteiger partial charge in [0, 0.05) is 10.9 Å². The number of H-pyrrole nitrogens is 1. The summed E-state index contributed by atoms with van der Waals surface area (Å²) in [5.41, 5.74) is 0.478. The minimum Gasteiger partial charge on any atom is -0.480 e. The van der Waals surface area contributed by atoms with Crippen molar-refractivity contribution in [2.75, 3.05) is 6.54 Å². The Labute approximate surface area is 153 Å². The Morgan fingerprint density at radius 3 is 2.62 bits per heavy atom. The van der Waals surface area contributed by atoms with Gasteiger partial charge in [0.1, 0.15) is 17.6 Å². The summed E-state index contributed by atoms with van der Waals surface area (Å²) < 4.78 is 13.3. The van der Waals surface area contributed by atoms with E-state index >= 15 is 0 Å². The van der Waals surface area contributed by atoms with Crippen molar-refractivity contribution in [1.82, 2.24) is 15.6 Å². The lowest BCUT2D eigenvalue weighted by Crippen LogP contribution is -2.46. The molecule has 1 aromatic carbocycles.